The molecule has 2 amide bonds. The van der Waals surface area contributed by atoms with Gasteiger partial charge in [-0.25, -0.2) is 0 Å². The fourth-order valence-corrected chi connectivity index (χ4v) is 4.43. The van der Waals surface area contributed by atoms with Gasteiger partial charge in [-0.05, 0) is 37.3 Å². The van der Waals surface area contributed by atoms with Crippen molar-refractivity contribution in [1.82, 2.24) is 25.9 Å². The van der Waals surface area contributed by atoms with E-state index >= 15 is 0 Å². The molecule has 1 aliphatic carbocycles. The lowest BCUT2D eigenvalue weighted by Gasteiger charge is -2.14. The van der Waals surface area contributed by atoms with Gasteiger partial charge in [-0.2, -0.15) is 5.10 Å². The number of rotatable bonds is 3. The summed E-state index contributed by atoms with van der Waals surface area (Å²) in [6.45, 7) is 1.61. The zero-order valence-corrected chi connectivity index (χ0v) is 14.0. The summed E-state index contributed by atoms with van der Waals surface area (Å²) in [5, 5.41) is 6.89. The number of hydrogen-bond donors (Lipinski definition) is 3. The highest BCUT2D eigenvalue weighted by molar-refractivity contribution is 7.14. The molecule has 0 saturated carbocycles. The normalized spacial score (nSPS) is 16.5. The van der Waals surface area contributed by atoms with Crippen LogP contribution in [0.1, 0.15) is 44.2 Å². The SMILES string of the molecule is O=C(CN1Cc2cn[nH]c2C1)NNC(=O)c1cc2c(s1)CCCC2. The molecule has 0 atom stereocenters. The maximum absolute atomic E-state index is 12.2. The van der Waals surface area contributed by atoms with Crippen LogP contribution in [0, 0.1) is 0 Å². The number of hydrogen-bond acceptors (Lipinski definition) is 5. The summed E-state index contributed by atoms with van der Waals surface area (Å²) in [6, 6.07) is 1.96. The van der Waals surface area contributed by atoms with E-state index < -0.39 is 0 Å². The number of amides is 2. The van der Waals surface area contributed by atoms with Crippen LogP contribution >= 0.6 is 11.3 Å². The second-order valence-electron chi connectivity index (χ2n) is 6.29. The van der Waals surface area contributed by atoms with Gasteiger partial charge in [0, 0.05) is 23.5 Å². The van der Waals surface area contributed by atoms with E-state index in [1.807, 2.05) is 11.0 Å². The summed E-state index contributed by atoms with van der Waals surface area (Å²) in [6.07, 6.45) is 6.28. The molecule has 3 N–H and O–H groups in total. The lowest BCUT2D eigenvalue weighted by atomic mass is 9.99. The van der Waals surface area contributed by atoms with Gasteiger partial charge in [-0.3, -0.25) is 30.4 Å². The van der Waals surface area contributed by atoms with E-state index in [-0.39, 0.29) is 18.4 Å². The number of aryl methyl sites for hydroxylation is 2. The number of nitrogens with one attached hydrogen (secondary N) is 3. The van der Waals surface area contributed by atoms with Crippen molar-refractivity contribution >= 4 is 23.2 Å². The van der Waals surface area contributed by atoms with E-state index in [1.54, 1.807) is 6.20 Å². The Kier molecular flexibility index (Phi) is 4.07. The quantitative estimate of drug-likeness (QED) is 0.728. The fraction of sp³-hybridized carbons (Fsp3) is 0.438. The van der Waals surface area contributed by atoms with Crippen LogP contribution in [0.2, 0.25) is 0 Å². The van der Waals surface area contributed by atoms with Crippen molar-refractivity contribution in [3.05, 3.63) is 38.8 Å². The zero-order valence-electron chi connectivity index (χ0n) is 13.2. The summed E-state index contributed by atoms with van der Waals surface area (Å²) < 4.78 is 0. The number of aromatic amines is 1. The molecule has 8 heteroatoms. The topological polar surface area (TPSA) is 90.1 Å². The van der Waals surface area contributed by atoms with Crippen molar-refractivity contribution in [2.75, 3.05) is 6.54 Å². The third kappa shape index (κ3) is 3.07. The molecule has 0 radical (unpaired) electrons. The first-order valence-electron chi connectivity index (χ1n) is 8.13. The number of fused-ring (bicyclic) bond motifs is 2. The van der Waals surface area contributed by atoms with Crippen molar-refractivity contribution in [2.45, 2.75) is 38.8 Å². The molecular formula is C16H19N5O2S. The minimum absolute atomic E-state index is 0.220. The monoisotopic (exact) mass is 345 g/mol. The Hall–Kier alpha value is -2.19. The molecule has 0 fully saturated rings. The van der Waals surface area contributed by atoms with Gasteiger partial charge in [-0.15, -0.1) is 11.3 Å². The van der Waals surface area contributed by atoms with Crippen molar-refractivity contribution < 1.29 is 9.59 Å². The van der Waals surface area contributed by atoms with Crippen LogP contribution < -0.4 is 10.9 Å². The van der Waals surface area contributed by atoms with E-state index in [0.29, 0.717) is 18.0 Å². The molecule has 0 spiro atoms. The molecule has 0 saturated heterocycles. The van der Waals surface area contributed by atoms with E-state index in [0.717, 1.165) is 24.1 Å². The van der Waals surface area contributed by atoms with Gasteiger partial charge in [0.05, 0.1) is 23.3 Å². The third-order valence-corrected chi connectivity index (χ3v) is 5.72. The van der Waals surface area contributed by atoms with Crippen LogP contribution in [0.5, 0.6) is 0 Å². The van der Waals surface area contributed by atoms with Gasteiger partial charge in [0.1, 0.15) is 0 Å². The second kappa shape index (κ2) is 6.37. The van der Waals surface area contributed by atoms with Crippen LogP contribution in [0.25, 0.3) is 0 Å². The zero-order chi connectivity index (χ0) is 16.5. The predicted molar refractivity (Wildman–Crippen MR) is 89.3 cm³/mol. The Morgan fingerprint density at radius 3 is 2.92 bits per heavy atom. The Bertz CT molecular complexity index is 737. The maximum Gasteiger partial charge on any atom is 0.279 e. The summed E-state index contributed by atoms with van der Waals surface area (Å²) in [5.74, 6) is -0.457. The highest BCUT2D eigenvalue weighted by Crippen LogP contribution is 2.29. The lowest BCUT2D eigenvalue weighted by molar-refractivity contribution is -0.123. The van der Waals surface area contributed by atoms with Crippen LogP contribution in [0.4, 0.5) is 0 Å². The summed E-state index contributed by atoms with van der Waals surface area (Å²) >= 11 is 1.54. The largest absolute Gasteiger partial charge is 0.284 e. The van der Waals surface area contributed by atoms with E-state index in [2.05, 4.69) is 21.0 Å². The molecule has 0 bridgehead atoms. The smallest absolute Gasteiger partial charge is 0.279 e. The van der Waals surface area contributed by atoms with Gasteiger partial charge >= 0.3 is 0 Å². The minimum atomic E-state index is -0.237. The van der Waals surface area contributed by atoms with Crippen molar-refractivity contribution in [1.29, 1.82) is 0 Å². The molecule has 2 aromatic heterocycles. The molecule has 0 unspecified atom stereocenters. The molecule has 24 heavy (non-hydrogen) atoms. The van der Waals surface area contributed by atoms with Gasteiger partial charge in [0.2, 0.25) is 0 Å². The Labute approximate surface area is 143 Å². The highest BCUT2D eigenvalue weighted by atomic mass is 32.1. The van der Waals surface area contributed by atoms with Crippen LogP contribution in [0.3, 0.4) is 0 Å². The number of nitrogens with zero attached hydrogens (tertiary/aromatic N) is 2. The van der Waals surface area contributed by atoms with Crippen molar-refractivity contribution in [2.24, 2.45) is 0 Å². The molecule has 126 valence electrons. The van der Waals surface area contributed by atoms with Gasteiger partial charge in [-0.1, -0.05) is 0 Å². The number of H-pyrrole nitrogens is 1. The van der Waals surface area contributed by atoms with E-state index in [4.69, 9.17) is 0 Å². The number of thiophene rings is 1. The minimum Gasteiger partial charge on any atom is -0.284 e. The first-order chi connectivity index (χ1) is 11.7. The van der Waals surface area contributed by atoms with Crippen LogP contribution in [-0.2, 0) is 30.7 Å². The highest BCUT2D eigenvalue weighted by Gasteiger charge is 2.23. The number of carbonyl (C=O) groups excluding carboxylic acids is 2. The molecule has 0 aromatic carbocycles. The molecule has 7 nitrogen and oxygen atoms in total. The molecule has 2 aromatic rings. The predicted octanol–water partition coefficient (Wildman–Crippen LogP) is 1.13. The summed E-state index contributed by atoms with van der Waals surface area (Å²) in [5.41, 5.74) is 8.49. The number of hydrazine groups is 1. The Balaban J connectivity index is 1.27. The molecule has 4 rings (SSSR count). The molecule has 2 aliphatic rings. The summed E-state index contributed by atoms with van der Waals surface area (Å²) in [4.78, 5) is 28.2. The maximum atomic E-state index is 12.2. The van der Waals surface area contributed by atoms with E-state index in [1.165, 1.54) is 34.6 Å². The Morgan fingerprint density at radius 1 is 1.21 bits per heavy atom. The molecular weight excluding hydrogens is 326 g/mol. The van der Waals surface area contributed by atoms with E-state index in [9.17, 15) is 9.59 Å². The fourth-order valence-electron chi connectivity index (χ4n) is 3.28. The van der Waals surface area contributed by atoms with Gasteiger partial charge in [0.15, 0.2) is 0 Å². The Morgan fingerprint density at radius 2 is 2.08 bits per heavy atom. The molecule has 1 aliphatic heterocycles. The van der Waals surface area contributed by atoms with Crippen LogP contribution in [0.15, 0.2) is 12.3 Å². The second-order valence-corrected chi connectivity index (χ2v) is 7.42. The first kappa shape index (κ1) is 15.3. The standard InChI is InChI=1S/C16H19N5O2S/c22-15(9-21-7-11-6-17-18-12(11)8-21)19-20-16(23)14-5-10-3-1-2-4-13(10)24-14/h5-6H,1-4,7-9H2,(H,17,18)(H,19,22)(H,20,23). The van der Waals surface area contributed by atoms with Crippen LogP contribution in [-0.4, -0.2) is 33.5 Å². The first-order valence-corrected chi connectivity index (χ1v) is 8.95. The number of carbonyl (C=O) groups is 2. The van der Waals surface area contributed by atoms with Crippen molar-refractivity contribution in [3.63, 3.8) is 0 Å². The lowest BCUT2D eigenvalue weighted by Crippen LogP contribution is -2.45. The average molecular weight is 345 g/mol. The van der Waals surface area contributed by atoms with Crippen molar-refractivity contribution in [3.8, 4) is 0 Å². The molecule has 3 heterocycles. The average Bonchev–Trinajstić information content (AvgIpc) is 3.25. The number of aromatic nitrogens is 2. The van der Waals surface area contributed by atoms with Gasteiger partial charge < -0.3 is 0 Å². The summed E-state index contributed by atoms with van der Waals surface area (Å²) in [7, 11) is 0. The van der Waals surface area contributed by atoms with Gasteiger partial charge in [0.25, 0.3) is 11.8 Å². The third-order valence-electron chi connectivity index (χ3n) is 4.49.